The second-order valence-corrected chi connectivity index (χ2v) is 4.89. The maximum absolute atomic E-state index is 9.34. The fourth-order valence-corrected chi connectivity index (χ4v) is 2.48. The maximum atomic E-state index is 9.34. The zero-order valence-corrected chi connectivity index (χ0v) is 10.0. The predicted molar refractivity (Wildman–Crippen MR) is 69.9 cm³/mol. The molecule has 0 saturated carbocycles. The van der Waals surface area contributed by atoms with Gasteiger partial charge in [-0.25, -0.2) is 0 Å². The topological polar surface area (TPSA) is 23.5 Å². The molecule has 1 heterocycles. The Kier molecular flexibility index (Phi) is 2.61. The largest absolute Gasteiger partial charge is 0.390 e. The number of hydrogen-bond donors (Lipinski definition) is 1. The summed E-state index contributed by atoms with van der Waals surface area (Å²) in [6, 6.07) is 15.4. The van der Waals surface area contributed by atoms with Crippen molar-refractivity contribution in [1.29, 1.82) is 0 Å². The number of hydrogen-bond acceptors (Lipinski definition) is 2. The molecule has 0 spiro atoms. The molecule has 1 atom stereocenters. The van der Waals surface area contributed by atoms with Gasteiger partial charge >= 0.3 is 0 Å². The van der Waals surface area contributed by atoms with Crippen LogP contribution in [0.2, 0.25) is 0 Å². The fraction of sp³-hybridized carbons (Fsp3) is 0.333. The highest BCUT2D eigenvalue weighted by Crippen LogP contribution is 2.27. The van der Waals surface area contributed by atoms with E-state index in [4.69, 9.17) is 0 Å². The number of aliphatic hydroxyl groups is 1. The summed E-state index contributed by atoms with van der Waals surface area (Å²) in [4.78, 5) is 2.30. The summed E-state index contributed by atoms with van der Waals surface area (Å²) < 4.78 is 0. The molecule has 1 aliphatic heterocycles. The van der Waals surface area contributed by atoms with Gasteiger partial charge in [-0.1, -0.05) is 36.4 Å². The quantitative estimate of drug-likeness (QED) is 0.852. The summed E-state index contributed by atoms with van der Waals surface area (Å²) in [6.45, 7) is 3.80. The van der Waals surface area contributed by atoms with E-state index < -0.39 is 0 Å². The standard InChI is InChI=1S/C15H17NO/c1-11(16-9-15(17)10-16)13-7-6-12-4-2-3-5-14(12)8-13/h2-8,11,15,17H,9-10H2,1H3/t11-/m1/s1. The van der Waals surface area contributed by atoms with Crippen molar-refractivity contribution in [3.63, 3.8) is 0 Å². The zero-order chi connectivity index (χ0) is 11.8. The maximum Gasteiger partial charge on any atom is 0.0794 e. The van der Waals surface area contributed by atoms with Crippen molar-refractivity contribution in [2.75, 3.05) is 13.1 Å². The lowest BCUT2D eigenvalue weighted by atomic mass is 9.99. The molecule has 1 fully saturated rings. The smallest absolute Gasteiger partial charge is 0.0794 e. The molecular weight excluding hydrogens is 210 g/mol. The summed E-state index contributed by atoms with van der Waals surface area (Å²) in [5, 5.41) is 11.9. The van der Waals surface area contributed by atoms with Gasteiger partial charge in [0.2, 0.25) is 0 Å². The first-order valence-corrected chi connectivity index (χ1v) is 6.15. The average molecular weight is 227 g/mol. The van der Waals surface area contributed by atoms with Gasteiger partial charge in [0.1, 0.15) is 0 Å². The highest BCUT2D eigenvalue weighted by molar-refractivity contribution is 5.83. The Morgan fingerprint density at radius 2 is 1.82 bits per heavy atom. The highest BCUT2D eigenvalue weighted by atomic mass is 16.3. The van der Waals surface area contributed by atoms with Gasteiger partial charge in [0.25, 0.3) is 0 Å². The number of benzene rings is 2. The molecule has 88 valence electrons. The normalized spacial score (nSPS) is 19.2. The van der Waals surface area contributed by atoms with Crippen molar-refractivity contribution < 1.29 is 5.11 Å². The van der Waals surface area contributed by atoms with Crippen molar-refractivity contribution in [3.05, 3.63) is 48.0 Å². The molecule has 3 rings (SSSR count). The first kappa shape index (κ1) is 10.8. The lowest BCUT2D eigenvalue weighted by Gasteiger charge is -2.40. The molecule has 0 aromatic heterocycles. The SMILES string of the molecule is C[C@H](c1ccc2ccccc2c1)N1CC(O)C1. The van der Waals surface area contributed by atoms with Gasteiger partial charge in [-0.3, -0.25) is 4.90 Å². The molecule has 0 aliphatic carbocycles. The molecule has 2 nitrogen and oxygen atoms in total. The summed E-state index contributed by atoms with van der Waals surface area (Å²) in [5.41, 5.74) is 1.33. The molecule has 0 amide bonds. The Morgan fingerprint density at radius 3 is 2.53 bits per heavy atom. The number of nitrogens with zero attached hydrogens (tertiary/aromatic N) is 1. The minimum Gasteiger partial charge on any atom is -0.390 e. The third kappa shape index (κ3) is 1.94. The van der Waals surface area contributed by atoms with E-state index in [9.17, 15) is 5.11 Å². The predicted octanol–water partition coefficient (Wildman–Crippen LogP) is 2.58. The summed E-state index contributed by atoms with van der Waals surface area (Å²) >= 11 is 0. The van der Waals surface area contributed by atoms with Crippen molar-refractivity contribution >= 4 is 10.8 Å². The van der Waals surface area contributed by atoms with Crippen LogP contribution in [0.5, 0.6) is 0 Å². The third-order valence-electron chi connectivity index (χ3n) is 3.69. The Labute approximate surface area is 101 Å². The van der Waals surface area contributed by atoms with E-state index in [2.05, 4.69) is 54.3 Å². The lowest BCUT2D eigenvalue weighted by molar-refractivity contribution is -0.0211. The molecule has 0 radical (unpaired) electrons. The molecular formula is C15H17NO. The Morgan fingerprint density at radius 1 is 1.12 bits per heavy atom. The second-order valence-electron chi connectivity index (χ2n) is 4.89. The van der Waals surface area contributed by atoms with Gasteiger partial charge in [0.05, 0.1) is 6.10 Å². The summed E-state index contributed by atoms with van der Waals surface area (Å²) in [6.07, 6.45) is -0.127. The van der Waals surface area contributed by atoms with Crippen LogP contribution in [-0.4, -0.2) is 29.2 Å². The minimum atomic E-state index is -0.127. The van der Waals surface area contributed by atoms with E-state index in [0.29, 0.717) is 6.04 Å². The zero-order valence-electron chi connectivity index (χ0n) is 10.0. The fourth-order valence-electron chi connectivity index (χ4n) is 2.48. The van der Waals surface area contributed by atoms with Crippen molar-refractivity contribution in [2.45, 2.75) is 19.1 Å². The number of likely N-dealkylation sites (tertiary alicyclic amines) is 1. The van der Waals surface area contributed by atoms with E-state index in [1.54, 1.807) is 0 Å². The van der Waals surface area contributed by atoms with Gasteiger partial charge < -0.3 is 5.11 Å². The van der Waals surface area contributed by atoms with Crippen LogP contribution in [0.15, 0.2) is 42.5 Å². The minimum absolute atomic E-state index is 0.127. The summed E-state index contributed by atoms with van der Waals surface area (Å²) in [5.74, 6) is 0. The first-order chi connectivity index (χ1) is 8.24. The monoisotopic (exact) mass is 227 g/mol. The highest BCUT2D eigenvalue weighted by Gasteiger charge is 2.29. The van der Waals surface area contributed by atoms with Gasteiger partial charge in [-0.2, -0.15) is 0 Å². The van der Waals surface area contributed by atoms with Crippen LogP contribution in [0, 0.1) is 0 Å². The lowest BCUT2D eigenvalue weighted by Crippen LogP contribution is -2.51. The Balaban J connectivity index is 1.90. The third-order valence-corrected chi connectivity index (χ3v) is 3.69. The Hall–Kier alpha value is -1.38. The number of fused-ring (bicyclic) bond motifs is 1. The van der Waals surface area contributed by atoms with E-state index in [0.717, 1.165) is 13.1 Å². The number of β-amino-alcohol motifs (C(OH)–C–C–N with tert-alkyl or cyclic N) is 1. The number of rotatable bonds is 2. The van der Waals surface area contributed by atoms with Crippen LogP contribution >= 0.6 is 0 Å². The molecule has 2 heteroatoms. The molecule has 0 bridgehead atoms. The molecule has 2 aromatic carbocycles. The van der Waals surface area contributed by atoms with E-state index in [1.807, 2.05) is 0 Å². The molecule has 1 saturated heterocycles. The summed E-state index contributed by atoms with van der Waals surface area (Å²) in [7, 11) is 0. The van der Waals surface area contributed by atoms with Crippen LogP contribution in [0.4, 0.5) is 0 Å². The number of aliphatic hydroxyl groups excluding tert-OH is 1. The Bertz CT molecular complexity index is 531. The molecule has 1 aliphatic rings. The van der Waals surface area contributed by atoms with Crippen LogP contribution in [0.3, 0.4) is 0 Å². The van der Waals surface area contributed by atoms with Crippen molar-refractivity contribution in [1.82, 2.24) is 4.90 Å². The molecule has 17 heavy (non-hydrogen) atoms. The second kappa shape index (κ2) is 4.13. The van der Waals surface area contributed by atoms with Crippen LogP contribution < -0.4 is 0 Å². The average Bonchev–Trinajstić information content (AvgIpc) is 2.33. The molecule has 2 aromatic rings. The van der Waals surface area contributed by atoms with Crippen molar-refractivity contribution in [2.24, 2.45) is 0 Å². The van der Waals surface area contributed by atoms with Crippen LogP contribution in [0.25, 0.3) is 10.8 Å². The first-order valence-electron chi connectivity index (χ1n) is 6.15. The van der Waals surface area contributed by atoms with Crippen LogP contribution in [-0.2, 0) is 0 Å². The van der Waals surface area contributed by atoms with E-state index >= 15 is 0 Å². The molecule has 0 unspecified atom stereocenters. The molecule has 1 N–H and O–H groups in total. The van der Waals surface area contributed by atoms with Gasteiger partial charge in [-0.05, 0) is 29.3 Å². The van der Waals surface area contributed by atoms with E-state index in [1.165, 1.54) is 16.3 Å². The van der Waals surface area contributed by atoms with Gasteiger partial charge in [-0.15, -0.1) is 0 Å². The van der Waals surface area contributed by atoms with Gasteiger partial charge in [0, 0.05) is 19.1 Å². The van der Waals surface area contributed by atoms with Crippen molar-refractivity contribution in [3.8, 4) is 0 Å². The van der Waals surface area contributed by atoms with Gasteiger partial charge in [0.15, 0.2) is 0 Å². The van der Waals surface area contributed by atoms with Crippen LogP contribution in [0.1, 0.15) is 18.5 Å². The van der Waals surface area contributed by atoms with E-state index in [-0.39, 0.29) is 6.10 Å².